The third-order valence-corrected chi connectivity index (χ3v) is 3.94. The number of rotatable bonds is 9. The second-order valence-electron chi connectivity index (χ2n) is 6.15. The van der Waals surface area contributed by atoms with Crippen molar-refractivity contribution in [3.8, 4) is 0 Å². The minimum atomic E-state index is -0.336. The molecule has 0 radical (unpaired) electrons. The number of nitrogens with one attached hydrogen (secondary N) is 1. The lowest BCUT2D eigenvalue weighted by atomic mass is 10.2. The molecule has 1 heterocycles. The van der Waals surface area contributed by atoms with E-state index in [1.165, 1.54) is 0 Å². The minimum Gasteiger partial charge on any atom is -0.462 e. The van der Waals surface area contributed by atoms with Crippen LogP contribution >= 0.6 is 0 Å². The van der Waals surface area contributed by atoms with Gasteiger partial charge >= 0.3 is 5.97 Å². The molecule has 1 aromatic carbocycles. The maximum absolute atomic E-state index is 12.5. The number of benzene rings is 1. The first-order chi connectivity index (χ1) is 13.1. The van der Waals surface area contributed by atoms with Gasteiger partial charge in [-0.3, -0.25) is 4.79 Å². The maximum Gasteiger partial charge on any atom is 0.338 e. The minimum absolute atomic E-state index is 0.0379. The van der Waals surface area contributed by atoms with E-state index in [-0.39, 0.29) is 11.9 Å². The summed E-state index contributed by atoms with van der Waals surface area (Å²) in [6, 6.07) is 10.6. The van der Waals surface area contributed by atoms with Crippen LogP contribution in [-0.4, -0.2) is 41.5 Å². The third kappa shape index (κ3) is 5.81. The lowest BCUT2D eigenvalue weighted by Crippen LogP contribution is -2.33. The van der Waals surface area contributed by atoms with Crippen LogP contribution in [0.4, 0.5) is 11.4 Å². The molecule has 144 valence electrons. The van der Waals surface area contributed by atoms with E-state index in [0.29, 0.717) is 17.9 Å². The van der Waals surface area contributed by atoms with E-state index in [1.807, 2.05) is 11.0 Å². The summed E-state index contributed by atoms with van der Waals surface area (Å²) in [5, 5.41) is 3.21. The summed E-state index contributed by atoms with van der Waals surface area (Å²) in [5.41, 5.74) is 2.55. The molecule has 6 nitrogen and oxygen atoms in total. The molecule has 1 amide bonds. The van der Waals surface area contributed by atoms with Gasteiger partial charge in [0.05, 0.1) is 24.1 Å². The molecule has 0 aliphatic carbocycles. The van der Waals surface area contributed by atoms with Crippen LogP contribution in [0.2, 0.25) is 0 Å². The van der Waals surface area contributed by atoms with Crippen molar-refractivity contribution in [3.63, 3.8) is 0 Å². The van der Waals surface area contributed by atoms with Gasteiger partial charge in [0, 0.05) is 18.8 Å². The second kappa shape index (κ2) is 10.3. The Morgan fingerprint density at radius 3 is 2.11 bits per heavy atom. The molecule has 1 aromatic heterocycles. The molecule has 0 saturated carbocycles. The Kier molecular flexibility index (Phi) is 7.79. The van der Waals surface area contributed by atoms with Crippen molar-refractivity contribution in [2.24, 2.45) is 0 Å². The van der Waals surface area contributed by atoms with Gasteiger partial charge in [-0.2, -0.15) is 0 Å². The highest BCUT2D eigenvalue weighted by atomic mass is 16.5. The number of hydrogen-bond acceptors (Lipinski definition) is 5. The van der Waals surface area contributed by atoms with Gasteiger partial charge in [0.25, 0.3) is 5.91 Å². The summed E-state index contributed by atoms with van der Waals surface area (Å²) in [6.45, 7) is 7.72. The van der Waals surface area contributed by atoms with Crippen LogP contribution in [0.5, 0.6) is 0 Å². The van der Waals surface area contributed by atoms with E-state index in [1.54, 1.807) is 43.5 Å². The van der Waals surface area contributed by atoms with Gasteiger partial charge in [0.1, 0.15) is 5.69 Å². The molecule has 0 aliphatic heterocycles. The predicted molar refractivity (Wildman–Crippen MR) is 106 cm³/mol. The number of aromatic nitrogens is 1. The van der Waals surface area contributed by atoms with Gasteiger partial charge in [0.15, 0.2) is 0 Å². The van der Waals surface area contributed by atoms with E-state index in [4.69, 9.17) is 4.74 Å². The molecule has 6 heteroatoms. The Hall–Kier alpha value is -2.89. The zero-order valence-corrected chi connectivity index (χ0v) is 16.2. The first kappa shape index (κ1) is 20.4. The Bertz CT molecular complexity index is 736. The largest absolute Gasteiger partial charge is 0.462 e. The number of pyridine rings is 1. The summed E-state index contributed by atoms with van der Waals surface area (Å²) >= 11 is 0. The Labute approximate surface area is 160 Å². The van der Waals surface area contributed by atoms with Crippen molar-refractivity contribution in [1.29, 1.82) is 0 Å². The van der Waals surface area contributed by atoms with Crippen LogP contribution in [0, 0.1) is 0 Å². The maximum atomic E-state index is 12.5. The molecule has 1 N–H and O–H groups in total. The zero-order chi connectivity index (χ0) is 19.6. The van der Waals surface area contributed by atoms with Crippen molar-refractivity contribution in [2.45, 2.75) is 33.6 Å². The number of carbonyl (C=O) groups is 2. The molecule has 0 saturated heterocycles. The lowest BCUT2D eigenvalue weighted by molar-refractivity contribution is 0.0526. The summed E-state index contributed by atoms with van der Waals surface area (Å²) in [5.74, 6) is -0.374. The molecule has 0 fully saturated rings. The van der Waals surface area contributed by atoms with E-state index in [9.17, 15) is 9.59 Å². The normalized spacial score (nSPS) is 10.3. The van der Waals surface area contributed by atoms with Crippen molar-refractivity contribution in [1.82, 2.24) is 9.88 Å². The van der Waals surface area contributed by atoms with Crippen LogP contribution in [0.3, 0.4) is 0 Å². The van der Waals surface area contributed by atoms with Gasteiger partial charge in [0.2, 0.25) is 0 Å². The van der Waals surface area contributed by atoms with Crippen molar-refractivity contribution < 1.29 is 14.3 Å². The smallest absolute Gasteiger partial charge is 0.338 e. The highest BCUT2D eigenvalue weighted by Gasteiger charge is 2.15. The number of amides is 1. The van der Waals surface area contributed by atoms with E-state index >= 15 is 0 Å². The molecule has 27 heavy (non-hydrogen) atoms. The van der Waals surface area contributed by atoms with Crippen LogP contribution in [0.25, 0.3) is 0 Å². The third-order valence-electron chi connectivity index (χ3n) is 3.94. The standard InChI is InChI=1S/C21H27N3O3/c1-4-13-24(14-5-2)20(25)19-12-11-18(15-22-19)23-17-9-7-16(8-10-17)21(26)27-6-3/h7-12,15,23H,4-6,13-14H2,1-3H3. The average Bonchev–Trinajstić information content (AvgIpc) is 2.68. The van der Waals surface area contributed by atoms with Crippen LogP contribution in [0.15, 0.2) is 42.6 Å². The molecular weight excluding hydrogens is 342 g/mol. The SMILES string of the molecule is CCCN(CCC)C(=O)c1ccc(Nc2ccc(C(=O)OCC)cc2)cn1. The molecule has 0 bridgehead atoms. The van der Waals surface area contributed by atoms with Crippen molar-refractivity contribution in [3.05, 3.63) is 53.9 Å². The highest BCUT2D eigenvalue weighted by Crippen LogP contribution is 2.17. The second-order valence-corrected chi connectivity index (χ2v) is 6.15. The monoisotopic (exact) mass is 369 g/mol. The van der Waals surface area contributed by atoms with Crippen LogP contribution in [-0.2, 0) is 4.74 Å². The van der Waals surface area contributed by atoms with Gasteiger partial charge in [-0.15, -0.1) is 0 Å². The number of nitrogens with zero attached hydrogens (tertiary/aromatic N) is 2. The number of carbonyl (C=O) groups excluding carboxylic acids is 2. The number of esters is 1. The van der Waals surface area contributed by atoms with Crippen molar-refractivity contribution in [2.75, 3.05) is 25.0 Å². The van der Waals surface area contributed by atoms with Crippen LogP contribution < -0.4 is 5.32 Å². The van der Waals surface area contributed by atoms with E-state index < -0.39 is 0 Å². The first-order valence-corrected chi connectivity index (χ1v) is 9.38. The fourth-order valence-corrected chi connectivity index (χ4v) is 2.68. The summed E-state index contributed by atoms with van der Waals surface area (Å²) in [7, 11) is 0. The molecule has 2 aromatic rings. The van der Waals surface area contributed by atoms with Crippen molar-refractivity contribution >= 4 is 23.3 Å². The molecule has 0 aliphatic rings. The van der Waals surface area contributed by atoms with Crippen LogP contribution in [0.1, 0.15) is 54.5 Å². The topological polar surface area (TPSA) is 71.5 Å². The van der Waals surface area contributed by atoms with Gasteiger partial charge in [-0.25, -0.2) is 9.78 Å². The Morgan fingerprint density at radius 1 is 0.963 bits per heavy atom. The fraction of sp³-hybridized carbons (Fsp3) is 0.381. The lowest BCUT2D eigenvalue weighted by Gasteiger charge is -2.21. The van der Waals surface area contributed by atoms with Gasteiger partial charge in [-0.05, 0) is 56.2 Å². The number of ether oxygens (including phenoxy) is 1. The zero-order valence-electron chi connectivity index (χ0n) is 16.2. The summed E-state index contributed by atoms with van der Waals surface area (Å²) in [6.07, 6.45) is 3.49. The fourth-order valence-electron chi connectivity index (χ4n) is 2.68. The molecule has 2 rings (SSSR count). The molecular formula is C21H27N3O3. The predicted octanol–water partition coefficient (Wildman–Crippen LogP) is 4.26. The summed E-state index contributed by atoms with van der Waals surface area (Å²) in [4.78, 5) is 30.4. The molecule has 0 spiro atoms. The summed E-state index contributed by atoms with van der Waals surface area (Å²) < 4.78 is 4.97. The average molecular weight is 369 g/mol. The number of anilines is 2. The molecule has 0 unspecified atom stereocenters. The van der Waals surface area contributed by atoms with E-state index in [0.717, 1.165) is 37.3 Å². The quantitative estimate of drug-likeness (QED) is 0.669. The highest BCUT2D eigenvalue weighted by molar-refractivity contribution is 5.92. The number of hydrogen-bond donors (Lipinski definition) is 1. The van der Waals surface area contributed by atoms with Gasteiger partial charge in [-0.1, -0.05) is 13.8 Å². The Balaban J connectivity index is 2.02. The first-order valence-electron chi connectivity index (χ1n) is 9.38. The Morgan fingerprint density at radius 2 is 1.59 bits per heavy atom. The van der Waals surface area contributed by atoms with E-state index in [2.05, 4.69) is 24.1 Å². The molecule has 0 atom stereocenters. The van der Waals surface area contributed by atoms with Gasteiger partial charge < -0.3 is 15.0 Å².